The second-order valence-electron chi connectivity index (χ2n) is 5.83. The Morgan fingerprint density at radius 1 is 1.00 bits per heavy atom. The Kier molecular flexibility index (Phi) is 9.31. The van der Waals surface area contributed by atoms with Gasteiger partial charge in [0.25, 0.3) is 0 Å². The molecule has 1 saturated carbocycles. The summed E-state index contributed by atoms with van der Waals surface area (Å²) in [4.78, 5) is 11.9. The SMILES string of the molecule is O=C(CCCC[n+]1ccccc1)NC1CCCCCC1.[Br-]. The van der Waals surface area contributed by atoms with Crippen molar-refractivity contribution < 1.29 is 26.3 Å². The van der Waals surface area contributed by atoms with Gasteiger partial charge in [0, 0.05) is 31.0 Å². The van der Waals surface area contributed by atoms with Crippen molar-refractivity contribution in [2.45, 2.75) is 70.4 Å². The minimum absolute atomic E-state index is 0. The second-order valence-corrected chi connectivity index (χ2v) is 5.83. The van der Waals surface area contributed by atoms with Gasteiger partial charge in [-0.15, -0.1) is 0 Å². The number of pyridine rings is 1. The average Bonchev–Trinajstić information content (AvgIpc) is 2.73. The van der Waals surface area contributed by atoms with E-state index in [1.54, 1.807) is 0 Å². The third-order valence-electron chi connectivity index (χ3n) is 4.07. The largest absolute Gasteiger partial charge is 1.00 e. The number of carbonyl (C=O) groups excluding carboxylic acids is 1. The highest BCUT2D eigenvalue weighted by molar-refractivity contribution is 5.76. The van der Waals surface area contributed by atoms with Crippen LogP contribution in [0, 0.1) is 0 Å². The molecule has 21 heavy (non-hydrogen) atoms. The van der Waals surface area contributed by atoms with Gasteiger partial charge in [0.2, 0.25) is 5.91 Å². The van der Waals surface area contributed by atoms with Crippen LogP contribution in [-0.2, 0) is 11.3 Å². The van der Waals surface area contributed by atoms with Crippen LogP contribution in [0.4, 0.5) is 0 Å². The average molecular weight is 355 g/mol. The summed E-state index contributed by atoms with van der Waals surface area (Å²) in [7, 11) is 0. The maximum absolute atomic E-state index is 11.9. The third-order valence-corrected chi connectivity index (χ3v) is 4.07. The summed E-state index contributed by atoms with van der Waals surface area (Å²) in [6.07, 6.45) is 14.4. The number of nitrogens with one attached hydrogen (secondary N) is 1. The first kappa shape index (κ1) is 18.1. The van der Waals surface area contributed by atoms with E-state index in [4.69, 9.17) is 0 Å². The number of unbranched alkanes of at least 4 members (excludes halogenated alkanes) is 1. The summed E-state index contributed by atoms with van der Waals surface area (Å²) in [6, 6.07) is 6.54. The van der Waals surface area contributed by atoms with Crippen LogP contribution in [0.2, 0.25) is 0 Å². The molecule has 0 spiro atoms. The summed E-state index contributed by atoms with van der Waals surface area (Å²) in [6.45, 7) is 0.998. The minimum atomic E-state index is 0. The van der Waals surface area contributed by atoms with Crippen molar-refractivity contribution in [1.82, 2.24) is 5.32 Å². The Morgan fingerprint density at radius 3 is 2.33 bits per heavy atom. The molecule has 1 heterocycles. The number of hydrogen-bond acceptors (Lipinski definition) is 1. The molecule has 1 aromatic heterocycles. The first-order valence-electron chi connectivity index (χ1n) is 8.08. The standard InChI is InChI=1S/C17H26N2O.BrH/c20-17(18-16-10-4-1-2-5-11-16)12-6-9-15-19-13-7-3-8-14-19;/h3,7-8,13-14,16H,1-2,4-6,9-12,15H2;1H. The van der Waals surface area contributed by atoms with Crippen molar-refractivity contribution in [3.63, 3.8) is 0 Å². The smallest absolute Gasteiger partial charge is 0.220 e. The van der Waals surface area contributed by atoms with Gasteiger partial charge in [-0.1, -0.05) is 31.7 Å². The van der Waals surface area contributed by atoms with E-state index >= 15 is 0 Å². The minimum Gasteiger partial charge on any atom is -1.00 e. The molecule has 2 rings (SSSR count). The van der Waals surface area contributed by atoms with E-state index in [9.17, 15) is 4.79 Å². The summed E-state index contributed by atoms with van der Waals surface area (Å²) in [5.74, 6) is 0.245. The Labute approximate surface area is 138 Å². The summed E-state index contributed by atoms with van der Waals surface area (Å²) in [5, 5.41) is 3.21. The fraction of sp³-hybridized carbons (Fsp3) is 0.647. The zero-order valence-electron chi connectivity index (χ0n) is 12.8. The van der Waals surface area contributed by atoms with Gasteiger partial charge < -0.3 is 22.3 Å². The van der Waals surface area contributed by atoms with Gasteiger partial charge >= 0.3 is 0 Å². The number of aryl methyl sites for hydroxylation is 1. The lowest BCUT2D eigenvalue weighted by atomic mass is 10.1. The molecule has 1 N–H and O–H groups in total. The molecule has 0 atom stereocenters. The van der Waals surface area contributed by atoms with Crippen LogP contribution >= 0.6 is 0 Å². The van der Waals surface area contributed by atoms with Gasteiger partial charge in [0.05, 0.1) is 0 Å². The molecule has 4 heteroatoms. The first-order chi connectivity index (χ1) is 9.84. The lowest BCUT2D eigenvalue weighted by molar-refractivity contribution is -0.697. The second kappa shape index (κ2) is 10.8. The van der Waals surface area contributed by atoms with Gasteiger partial charge in [-0.05, 0) is 19.3 Å². The predicted octanol–water partition coefficient (Wildman–Crippen LogP) is -0.0126. The highest BCUT2D eigenvalue weighted by Gasteiger charge is 2.14. The fourth-order valence-electron chi connectivity index (χ4n) is 2.89. The normalized spacial score (nSPS) is 15.8. The van der Waals surface area contributed by atoms with E-state index in [0.717, 1.165) is 19.4 Å². The van der Waals surface area contributed by atoms with Crippen LogP contribution in [0.15, 0.2) is 30.6 Å². The Hall–Kier alpha value is -0.900. The van der Waals surface area contributed by atoms with Crippen molar-refractivity contribution in [3.8, 4) is 0 Å². The van der Waals surface area contributed by atoms with Crippen molar-refractivity contribution in [1.29, 1.82) is 0 Å². The highest BCUT2D eigenvalue weighted by Crippen LogP contribution is 2.17. The molecule has 1 amide bonds. The Balaban J connectivity index is 0.00000220. The van der Waals surface area contributed by atoms with Crippen LogP contribution in [0.1, 0.15) is 57.8 Å². The van der Waals surface area contributed by atoms with Gasteiger partial charge in [-0.25, -0.2) is 4.57 Å². The van der Waals surface area contributed by atoms with E-state index in [1.165, 1.54) is 38.5 Å². The van der Waals surface area contributed by atoms with Crippen LogP contribution in [-0.4, -0.2) is 11.9 Å². The molecule has 1 fully saturated rings. The van der Waals surface area contributed by atoms with Crippen molar-refractivity contribution in [2.24, 2.45) is 0 Å². The quantitative estimate of drug-likeness (QED) is 0.435. The maximum atomic E-state index is 11.9. The number of halogens is 1. The molecule has 1 aliphatic rings. The molecule has 0 bridgehead atoms. The molecule has 0 aliphatic heterocycles. The molecule has 1 aromatic rings. The molecular weight excluding hydrogens is 328 g/mol. The lowest BCUT2D eigenvalue weighted by Gasteiger charge is -2.15. The summed E-state index contributed by atoms with van der Waals surface area (Å²) >= 11 is 0. The zero-order valence-corrected chi connectivity index (χ0v) is 14.4. The van der Waals surface area contributed by atoms with Crippen molar-refractivity contribution >= 4 is 5.91 Å². The molecular formula is C17H27BrN2O. The molecule has 1 aliphatic carbocycles. The monoisotopic (exact) mass is 354 g/mol. The molecule has 3 nitrogen and oxygen atoms in total. The molecule has 0 aromatic carbocycles. The maximum Gasteiger partial charge on any atom is 0.220 e. The Morgan fingerprint density at radius 2 is 1.67 bits per heavy atom. The predicted molar refractivity (Wildman–Crippen MR) is 80.1 cm³/mol. The Bertz CT molecular complexity index is 389. The van der Waals surface area contributed by atoms with E-state index in [-0.39, 0.29) is 22.9 Å². The van der Waals surface area contributed by atoms with Crippen LogP contribution in [0.5, 0.6) is 0 Å². The van der Waals surface area contributed by atoms with E-state index in [0.29, 0.717) is 12.5 Å². The molecule has 0 saturated heterocycles. The van der Waals surface area contributed by atoms with E-state index in [1.807, 2.05) is 18.2 Å². The van der Waals surface area contributed by atoms with Crippen LogP contribution in [0.25, 0.3) is 0 Å². The van der Waals surface area contributed by atoms with Gasteiger partial charge in [-0.3, -0.25) is 4.79 Å². The number of carbonyl (C=O) groups is 1. The first-order valence-corrected chi connectivity index (χ1v) is 8.08. The number of amides is 1. The fourth-order valence-corrected chi connectivity index (χ4v) is 2.89. The van der Waals surface area contributed by atoms with Crippen LogP contribution < -0.4 is 26.9 Å². The lowest BCUT2D eigenvalue weighted by Crippen LogP contribution is -3.00. The van der Waals surface area contributed by atoms with Gasteiger partial charge in [0.1, 0.15) is 6.54 Å². The van der Waals surface area contributed by atoms with Crippen molar-refractivity contribution in [3.05, 3.63) is 30.6 Å². The number of aromatic nitrogens is 1. The van der Waals surface area contributed by atoms with Crippen molar-refractivity contribution in [2.75, 3.05) is 0 Å². The number of hydrogen-bond donors (Lipinski definition) is 1. The van der Waals surface area contributed by atoms with Gasteiger partial charge in [-0.2, -0.15) is 0 Å². The number of nitrogens with zero attached hydrogens (tertiary/aromatic N) is 1. The highest BCUT2D eigenvalue weighted by atomic mass is 79.9. The molecule has 118 valence electrons. The van der Waals surface area contributed by atoms with Gasteiger partial charge in [0.15, 0.2) is 12.4 Å². The summed E-state index contributed by atoms with van der Waals surface area (Å²) < 4.78 is 2.17. The third kappa shape index (κ3) is 7.60. The van der Waals surface area contributed by atoms with E-state index in [2.05, 4.69) is 22.3 Å². The van der Waals surface area contributed by atoms with Crippen LogP contribution in [0.3, 0.4) is 0 Å². The summed E-state index contributed by atoms with van der Waals surface area (Å²) in [5.41, 5.74) is 0. The van der Waals surface area contributed by atoms with E-state index < -0.39 is 0 Å². The molecule has 0 radical (unpaired) electrons. The topological polar surface area (TPSA) is 33.0 Å². The molecule has 0 unspecified atom stereocenters. The number of rotatable bonds is 6. The zero-order chi connectivity index (χ0) is 14.0.